The predicted octanol–water partition coefficient (Wildman–Crippen LogP) is 1.99. The monoisotopic (exact) mass is 226 g/mol. The van der Waals surface area contributed by atoms with Crippen LogP contribution in [0.1, 0.15) is 23.5 Å². The normalized spacial score (nSPS) is 13.1. The second-order valence-corrected chi connectivity index (χ2v) is 4.86. The summed E-state index contributed by atoms with van der Waals surface area (Å²) >= 11 is 2.98. The van der Waals surface area contributed by atoms with Crippen LogP contribution in [0.15, 0.2) is 6.20 Å². The molecule has 2 aromatic heterocycles. The zero-order chi connectivity index (χ0) is 10.1. The van der Waals surface area contributed by atoms with Gasteiger partial charge in [-0.2, -0.15) is 0 Å². The van der Waals surface area contributed by atoms with E-state index < -0.39 is 0 Å². The quantitative estimate of drug-likeness (QED) is 0.850. The van der Waals surface area contributed by atoms with Crippen LogP contribution in [-0.2, 0) is 0 Å². The number of thiazole rings is 1. The molecule has 0 fully saturated rings. The van der Waals surface area contributed by atoms with Crippen LogP contribution < -0.4 is 5.73 Å². The molecule has 74 valence electrons. The molecule has 0 bridgehead atoms. The van der Waals surface area contributed by atoms with Crippen molar-refractivity contribution in [1.29, 1.82) is 0 Å². The van der Waals surface area contributed by atoms with E-state index >= 15 is 0 Å². The third-order valence-electron chi connectivity index (χ3n) is 1.82. The van der Waals surface area contributed by atoms with Gasteiger partial charge in [0.15, 0.2) is 0 Å². The highest BCUT2D eigenvalue weighted by molar-refractivity contribution is 7.19. The van der Waals surface area contributed by atoms with Crippen molar-refractivity contribution in [3.63, 3.8) is 0 Å². The molecule has 0 spiro atoms. The minimum absolute atomic E-state index is 0.0439. The lowest BCUT2D eigenvalue weighted by atomic mass is 10.3. The standard InChI is InChI=1S/C8H10N4S2/c1-4(9)6-3-10-8(13-6)7-5(2)11-12-14-7/h3-4H,9H2,1-2H3. The van der Waals surface area contributed by atoms with E-state index in [2.05, 4.69) is 14.6 Å². The van der Waals surface area contributed by atoms with E-state index in [4.69, 9.17) is 5.73 Å². The fourth-order valence-electron chi connectivity index (χ4n) is 1.03. The Morgan fingerprint density at radius 2 is 2.29 bits per heavy atom. The maximum absolute atomic E-state index is 5.76. The van der Waals surface area contributed by atoms with Gasteiger partial charge in [-0.05, 0) is 25.4 Å². The average molecular weight is 226 g/mol. The van der Waals surface area contributed by atoms with E-state index in [1.54, 1.807) is 11.3 Å². The van der Waals surface area contributed by atoms with Crippen LogP contribution >= 0.6 is 22.9 Å². The van der Waals surface area contributed by atoms with E-state index in [1.165, 1.54) is 11.5 Å². The SMILES string of the molecule is Cc1nnsc1-c1ncc(C(C)N)s1. The summed E-state index contributed by atoms with van der Waals surface area (Å²) < 4.78 is 3.88. The van der Waals surface area contributed by atoms with Gasteiger partial charge in [0.1, 0.15) is 9.88 Å². The topological polar surface area (TPSA) is 64.7 Å². The molecule has 1 unspecified atom stereocenters. The van der Waals surface area contributed by atoms with Crippen molar-refractivity contribution in [2.75, 3.05) is 0 Å². The Morgan fingerprint density at radius 3 is 2.79 bits per heavy atom. The van der Waals surface area contributed by atoms with Crippen LogP contribution in [0.5, 0.6) is 0 Å². The molecule has 0 aliphatic rings. The van der Waals surface area contributed by atoms with E-state index in [9.17, 15) is 0 Å². The Hall–Kier alpha value is -0.850. The summed E-state index contributed by atoms with van der Waals surface area (Å²) in [7, 11) is 0. The minimum Gasteiger partial charge on any atom is -0.323 e. The number of hydrogen-bond donors (Lipinski definition) is 1. The number of nitrogens with zero attached hydrogens (tertiary/aromatic N) is 3. The van der Waals surface area contributed by atoms with Crippen molar-refractivity contribution in [2.45, 2.75) is 19.9 Å². The highest BCUT2D eigenvalue weighted by Gasteiger charge is 2.12. The lowest BCUT2D eigenvalue weighted by Gasteiger charge is -1.96. The highest BCUT2D eigenvalue weighted by atomic mass is 32.1. The Kier molecular flexibility index (Phi) is 2.58. The third kappa shape index (κ3) is 1.68. The lowest BCUT2D eigenvalue weighted by molar-refractivity contribution is 0.835. The predicted molar refractivity (Wildman–Crippen MR) is 58.4 cm³/mol. The molecule has 1 atom stereocenters. The number of hydrogen-bond acceptors (Lipinski definition) is 6. The highest BCUT2D eigenvalue weighted by Crippen LogP contribution is 2.31. The van der Waals surface area contributed by atoms with E-state index in [-0.39, 0.29) is 6.04 Å². The molecule has 0 saturated carbocycles. The maximum atomic E-state index is 5.76. The summed E-state index contributed by atoms with van der Waals surface area (Å²) in [4.78, 5) is 6.44. The molecule has 0 aromatic carbocycles. The van der Waals surface area contributed by atoms with Gasteiger partial charge in [-0.25, -0.2) is 4.98 Å². The summed E-state index contributed by atoms with van der Waals surface area (Å²) in [5.41, 5.74) is 6.69. The molecule has 2 heterocycles. The van der Waals surface area contributed by atoms with Gasteiger partial charge in [0.05, 0.1) is 5.69 Å². The first-order valence-corrected chi connectivity index (χ1v) is 5.78. The average Bonchev–Trinajstić information content (AvgIpc) is 2.71. The van der Waals surface area contributed by atoms with E-state index in [0.717, 1.165) is 20.5 Å². The minimum atomic E-state index is 0.0439. The van der Waals surface area contributed by atoms with Gasteiger partial charge in [-0.15, -0.1) is 16.4 Å². The molecular formula is C8H10N4S2. The summed E-state index contributed by atoms with van der Waals surface area (Å²) in [6, 6.07) is 0.0439. The van der Waals surface area contributed by atoms with Crippen molar-refractivity contribution in [3.05, 3.63) is 16.8 Å². The molecule has 6 heteroatoms. The fourth-order valence-corrected chi connectivity index (χ4v) is 2.68. The van der Waals surface area contributed by atoms with E-state index in [1.807, 2.05) is 20.0 Å². The van der Waals surface area contributed by atoms with Crippen LogP contribution in [0.25, 0.3) is 9.88 Å². The third-order valence-corrected chi connectivity index (χ3v) is 4.00. The summed E-state index contributed by atoms with van der Waals surface area (Å²) in [5.74, 6) is 0. The molecule has 0 aliphatic carbocycles. The van der Waals surface area contributed by atoms with Crippen LogP contribution in [0.3, 0.4) is 0 Å². The zero-order valence-corrected chi connectivity index (χ0v) is 9.52. The number of nitrogens with two attached hydrogens (primary N) is 1. The Bertz CT molecular complexity index is 432. The van der Waals surface area contributed by atoms with E-state index in [0.29, 0.717) is 0 Å². The second kappa shape index (κ2) is 3.72. The molecule has 4 nitrogen and oxygen atoms in total. The maximum Gasteiger partial charge on any atom is 0.137 e. The molecule has 14 heavy (non-hydrogen) atoms. The largest absolute Gasteiger partial charge is 0.323 e. The molecule has 2 rings (SSSR count). The van der Waals surface area contributed by atoms with Gasteiger partial charge >= 0.3 is 0 Å². The number of aryl methyl sites for hydroxylation is 1. The van der Waals surface area contributed by atoms with Crippen LogP contribution in [0.4, 0.5) is 0 Å². The van der Waals surface area contributed by atoms with Gasteiger partial charge in [0.25, 0.3) is 0 Å². The number of aromatic nitrogens is 3. The van der Waals surface area contributed by atoms with Crippen LogP contribution in [-0.4, -0.2) is 14.6 Å². The summed E-state index contributed by atoms with van der Waals surface area (Å²) in [5, 5.41) is 4.91. The molecular weight excluding hydrogens is 216 g/mol. The van der Waals surface area contributed by atoms with Gasteiger partial charge < -0.3 is 5.73 Å². The lowest BCUT2D eigenvalue weighted by Crippen LogP contribution is -2.01. The number of rotatable bonds is 2. The van der Waals surface area contributed by atoms with Crippen LogP contribution in [0, 0.1) is 6.92 Å². The van der Waals surface area contributed by atoms with Crippen molar-refractivity contribution in [3.8, 4) is 9.88 Å². The molecule has 2 aromatic rings. The summed E-state index contributed by atoms with van der Waals surface area (Å²) in [6.07, 6.45) is 1.82. The van der Waals surface area contributed by atoms with Crippen LogP contribution in [0.2, 0.25) is 0 Å². The van der Waals surface area contributed by atoms with Crippen molar-refractivity contribution >= 4 is 22.9 Å². The molecule has 2 N–H and O–H groups in total. The fraction of sp³-hybridized carbons (Fsp3) is 0.375. The smallest absolute Gasteiger partial charge is 0.137 e. The van der Waals surface area contributed by atoms with Crippen molar-refractivity contribution in [2.24, 2.45) is 5.73 Å². The Labute approximate surface area is 90.0 Å². The first-order valence-electron chi connectivity index (χ1n) is 4.19. The molecule has 0 radical (unpaired) electrons. The second-order valence-electron chi connectivity index (χ2n) is 3.04. The summed E-state index contributed by atoms with van der Waals surface area (Å²) in [6.45, 7) is 3.89. The Balaban J connectivity index is 2.39. The molecule has 0 aliphatic heterocycles. The zero-order valence-electron chi connectivity index (χ0n) is 7.89. The molecule has 0 amide bonds. The first-order chi connectivity index (χ1) is 6.68. The van der Waals surface area contributed by atoms with Crippen molar-refractivity contribution in [1.82, 2.24) is 14.6 Å². The van der Waals surface area contributed by atoms with Gasteiger partial charge in [0, 0.05) is 17.1 Å². The van der Waals surface area contributed by atoms with Gasteiger partial charge in [-0.1, -0.05) is 4.49 Å². The van der Waals surface area contributed by atoms with Crippen molar-refractivity contribution < 1.29 is 0 Å². The molecule has 0 saturated heterocycles. The first kappa shape index (κ1) is 9.70. The van der Waals surface area contributed by atoms with Gasteiger partial charge in [-0.3, -0.25) is 0 Å². The van der Waals surface area contributed by atoms with Gasteiger partial charge in [0.2, 0.25) is 0 Å². The Morgan fingerprint density at radius 1 is 1.50 bits per heavy atom.